The molecule has 0 saturated carbocycles. The Hall–Kier alpha value is -2.44. The Bertz CT molecular complexity index is 473. The number of aryl methyl sites for hydroxylation is 1. The smallest absolute Gasteiger partial charge is 0.407 e. The molecular formula is C11H13N3O4. The van der Waals surface area contributed by atoms with Gasteiger partial charge in [0.25, 0.3) is 0 Å². The SMILES string of the molecule is C=CCOC(=O)NCc1ncc(C(=O)O)c(C)n1. The van der Waals surface area contributed by atoms with E-state index in [2.05, 4.69) is 26.6 Å². The number of amides is 1. The number of carbonyl (C=O) groups excluding carboxylic acids is 1. The fraction of sp³-hybridized carbons (Fsp3) is 0.273. The summed E-state index contributed by atoms with van der Waals surface area (Å²) in [5.74, 6) is -0.773. The van der Waals surface area contributed by atoms with Crippen molar-refractivity contribution in [1.82, 2.24) is 15.3 Å². The van der Waals surface area contributed by atoms with Crippen LogP contribution in [0.2, 0.25) is 0 Å². The van der Waals surface area contributed by atoms with Gasteiger partial charge in [-0.15, -0.1) is 0 Å². The van der Waals surface area contributed by atoms with E-state index in [1.54, 1.807) is 6.92 Å². The number of rotatable bonds is 5. The van der Waals surface area contributed by atoms with E-state index < -0.39 is 12.1 Å². The molecule has 7 nitrogen and oxygen atoms in total. The third-order valence-corrected chi connectivity index (χ3v) is 1.98. The van der Waals surface area contributed by atoms with Gasteiger partial charge in [-0.05, 0) is 6.92 Å². The molecule has 1 heterocycles. The summed E-state index contributed by atoms with van der Waals surface area (Å²) in [6, 6.07) is 0. The molecule has 0 fully saturated rings. The zero-order valence-corrected chi connectivity index (χ0v) is 9.84. The summed E-state index contributed by atoms with van der Waals surface area (Å²) in [4.78, 5) is 29.6. The summed E-state index contributed by atoms with van der Waals surface area (Å²) in [6.45, 7) is 5.14. The van der Waals surface area contributed by atoms with E-state index in [0.717, 1.165) is 0 Å². The highest BCUT2D eigenvalue weighted by Crippen LogP contribution is 2.03. The summed E-state index contributed by atoms with van der Waals surface area (Å²) < 4.78 is 4.69. The second kappa shape index (κ2) is 6.33. The van der Waals surface area contributed by atoms with Crippen molar-refractivity contribution >= 4 is 12.1 Å². The van der Waals surface area contributed by atoms with E-state index >= 15 is 0 Å². The van der Waals surface area contributed by atoms with Crippen molar-refractivity contribution in [3.8, 4) is 0 Å². The number of aromatic carboxylic acids is 1. The van der Waals surface area contributed by atoms with Crippen molar-refractivity contribution in [2.75, 3.05) is 6.61 Å². The molecule has 0 unspecified atom stereocenters. The van der Waals surface area contributed by atoms with Crippen LogP contribution in [0.4, 0.5) is 4.79 Å². The molecule has 2 N–H and O–H groups in total. The fourth-order valence-corrected chi connectivity index (χ4v) is 1.15. The number of carbonyl (C=O) groups is 2. The van der Waals surface area contributed by atoms with Gasteiger partial charge in [-0.1, -0.05) is 12.7 Å². The number of nitrogens with one attached hydrogen (secondary N) is 1. The minimum Gasteiger partial charge on any atom is -0.478 e. The number of alkyl carbamates (subject to hydrolysis) is 1. The van der Waals surface area contributed by atoms with Crippen LogP contribution in [0.15, 0.2) is 18.9 Å². The molecule has 0 radical (unpaired) electrons. The summed E-state index contributed by atoms with van der Waals surface area (Å²) in [5, 5.41) is 11.2. The molecule has 0 saturated heterocycles. The Morgan fingerprint density at radius 1 is 1.61 bits per heavy atom. The maximum atomic E-state index is 11.1. The minimum absolute atomic E-state index is 0.0352. The van der Waals surface area contributed by atoms with Gasteiger partial charge < -0.3 is 15.2 Å². The molecule has 0 aliphatic rings. The number of ether oxygens (including phenoxy) is 1. The number of aromatic nitrogens is 2. The van der Waals surface area contributed by atoms with Gasteiger partial charge in [-0.25, -0.2) is 19.6 Å². The molecule has 0 aliphatic carbocycles. The van der Waals surface area contributed by atoms with E-state index in [0.29, 0.717) is 11.5 Å². The molecule has 0 aliphatic heterocycles. The van der Waals surface area contributed by atoms with E-state index in [-0.39, 0.29) is 18.7 Å². The highest BCUT2D eigenvalue weighted by molar-refractivity contribution is 5.88. The minimum atomic E-state index is -1.09. The van der Waals surface area contributed by atoms with Crippen molar-refractivity contribution in [2.45, 2.75) is 13.5 Å². The zero-order valence-electron chi connectivity index (χ0n) is 9.84. The predicted molar refractivity (Wildman–Crippen MR) is 62.1 cm³/mol. The van der Waals surface area contributed by atoms with Crippen LogP contribution in [0.5, 0.6) is 0 Å². The van der Waals surface area contributed by atoms with Crippen molar-refractivity contribution in [3.63, 3.8) is 0 Å². The molecule has 7 heteroatoms. The Labute approximate surface area is 104 Å². The second-order valence-corrected chi connectivity index (χ2v) is 3.33. The average molecular weight is 251 g/mol. The summed E-state index contributed by atoms with van der Waals surface area (Å²) in [5.41, 5.74) is 0.377. The van der Waals surface area contributed by atoms with Crippen molar-refractivity contribution in [3.05, 3.63) is 35.9 Å². The first-order chi connectivity index (χ1) is 8.54. The first-order valence-electron chi connectivity index (χ1n) is 5.12. The molecular weight excluding hydrogens is 238 g/mol. The third kappa shape index (κ3) is 3.85. The van der Waals surface area contributed by atoms with Crippen LogP contribution in [0, 0.1) is 6.92 Å². The van der Waals surface area contributed by atoms with E-state index in [4.69, 9.17) is 5.11 Å². The standard InChI is InChI=1S/C11H13N3O4/c1-3-4-18-11(17)13-6-9-12-5-8(10(15)16)7(2)14-9/h3,5H,1,4,6H2,2H3,(H,13,17)(H,15,16). The molecule has 0 aromatic carbocycles. The molecule has 1 rings (SSSR count). The van der Waals surface area contributed by atoms with Gasteiger partial charge in [0, 0.05) is 6.20 Å². The lowest BCUT2D eigenvalue weighted by Crippen LogP contribution is -2.25. The lowest BCUT2D eigenvalue weighted by Gasteiger charge is -2.05. The topological polar surface area (TPSA) is 101 Å². The van der Waals surface area contributed by atoms with E-state index in [1.165, 1.54) is 12.3 Å². The van der Waals surface area contributed by atoms with Gasteiger partial charge in [0.15, 0.2) is 0 Å². The Balaban J connectivity index is 2.58. The van der Waals surface area contributed by atoms with E-state index in [1.807, 2.05) is 0 Å². The number of hydrogen-bond donors (Lipinski definition) is 2. The molecule has 96 valence electrons. The van der Waals surface area contributed by atoms with Crippen molar-refractivity contribution in [2.24, 2.45) is 0 Å². The van der Waals surface area contributed by atoms with E-state index in [9.17, 15) is 9.59 Å². The summed E-state index contributed by atoms with van der Waals surface area (Å²) in [6.07, 6.45) is 2.04. The third-order valence-electron chi connectivity index (χ3n) is 1.98. The first-order valence-corrected chi connectivity index (χ1v) is 5.12. The highest BCUT2D eigenvalue weighted by atomic mass is 16.5. The van der Waals surface area contributed by atoms with Gasteiger partial charge in [0.1, 0.15) is 12.4 Å². The number of nitrogens with zero attached hydrogens (tertiary/aromatic N) is 2. The molecule has 18 heavy (non-hydrogen) atoms. The number of carboxylic acids is 1. The summed E-state index contributed by atoms with van der Waals surface area (Å²) >= 11 is 0. The number of carboxylic acid groups (broad SMARTS) is 1. The van der Waals surface area contributed by atoms with Crippen LogP contribution in [0.3, 0.4) is 0 Å². The maximum absolute atomic E-state index is 11.1. The highest BCUT2D eigenvalue weighted by Gasteiger charge is 2.10. The Morgan fingerprint density at radius 2 is 2.33 bits per heavy atom. The monoisotopic (exact) mass is 251 g/mol. The molecule has 1 amide bonds. The van der Waals surface area contributed by atoms with Crippen LogP contribution in [-0.4, -0.2) is 33.7 Å². The second-order valence-electron chi connectivity index (χ2n) is 3.33. The largest absolute Gasteiger partial charge is 0.478 e. The Kier molecular flexibility index (Phi) is 4.79. The van der Waals surface area contributed by atoms with Gasteiger partial charge in [-0.3, -0.25) is 0 Å². The quantitative estimate of drug-likeness (QED) is 0.754. The average Bonchev–Trinajstić information content (AvgIpc) is 2.33. The first kappa shape index (κ1) is 13.6. The Morgan fingerprint density at radius 3 is 2.89 bits per heavy atom. The number of hydrogen-bond acceptors (Lipinski definition) is 5. The van der Waals surface area contributed by atoms with Crippen molar-refractivity contribution in [1.29, 1.82) is 0 Å². The van der Waals surface area contributed by atoms with Crippen LogP contribution in [0.1, 0.15) is 21.9 Å². The van der Waals surface area contributed by atoms with Crippen LogP contribution in [-0.2, 0) is 11.3 Å². The van der Waals surface area contributed by atoms with Gasteiger partial charge >= 0.3 is 12.1 Å². The lowest BCUT2D eigenvalue weighted by molar-refractivity contribution is 0.0695. The normalized spacial score (nSPS) is 9.61. The molecule has 1 aromatic rings. The van der Waals surface area contributed by atoms with Gasteiger partial charge in [-0.2, -0.15) is 0 Å². The van der Waals surface area contributed by atoms with Crippen LogP contribution in [0.25, 0.3) is 0 Å². The lowest BCUT2D eigenvalue weighted by atomic mass is 10.2. The van der Waals surface area contributed by atoms with Crippen LogP contribution < -0.4 is 5.32 Å². The zero-order chi connectivity index (χ0) is 13.5. The maximum Gasteiger partial charge on any atom is 0.407 e. The molecule has 0 spiro atoms. The summed E-state index contributed by atoms with van der Waals surface area (Å²) in [7, 11) is 0. The fourth-order valence-electron chi connectivity index (χ4n) is 1.15. The predicted octanol–water partition coefficient (Wildman–Crippen LogP) is 0.895. The molecule has 0 atom stereocenters. The van der Waals surface area contributed by atoms with Gasteiger partial charge in [0.05, 0.1) is 17.8 Å². The van der Waals surface area contributed by atoms with Gasteiger partial charge in [0.2, 0.25) is 0 Å². The van der Waals surface area contributed by atoms with Crippen molar-refractivity contribution < 1.29 is 19.4 Å². The molecule has 1 aromatic heterocycles. The molecule has 0 bridgehead atoms. The van der Waals surface area contributed by atoms with Crippen LogP contribution >= 0.6 is 0 Å².